The zero-order valence-electron chi connectivity index (χ0n) is 17.1. The van der Waals surface area contributed by atoms with E-state index in [4.69, 9.17) is 5.73 Å². The Morgan fingerprint density at radius 1 is 1.10 bits per heavy atom. The number of nitrogens with two attached hydrogens (primary N) is 1. The number of amides is 2. The van der Waals surface area contributed by atoms with E-state index in [-0.39, 0.29) is 17.6 Å². The standard InChI is InChI=1S/C22H29N3O3S/c1-14-11-17(26)12-15(2)19(14)13-20(23)22(28)25-16(3)21(27)24-9-10-29-18-7-5-4-6-8-18/h4-8,11-12,16,20,26H,9-10,13,23H2,1-3H3,(H,24,27)(H,25,28)/t16-,20?/m1/s1. The molecule has 0 bridgehead atoms. The van der Waals surface area contributed by atoms with Crippen molar-refractivity contribution >= 4 is 23.6 Å². The summed E-state index contributed by atoms with van der Waals surface area (Å²) in [6.45, 7) is 5.89. The highest BCUT2D eigenvalue weighted by Crippen LogP contribution is 2.21. The van der Waals surface area contributed by atoms with E-state index in [9.17, 15) is 14.7 Å². The molecule has 0 aromatic heterocycles. The molecule has 0 saturated heterocycles. The Balaban J connectivity index is 1.77. The normalized spacial score (nSPS) is 12.8. The number of benzene rings is 2. The number of hydrogen-bond acceptors (Lipinski definition) is 5. The monoisotopic (exact) mass is 415 g/mol. The number of rotatable bonds is 9. The number of carbonyl (C=O) groups is 2. The van der Waals surface area contributed by atoms with Crippen molar-refractivity contribution < 1.29 is 14.7 Å². The van der Waals surface area contributed by atoms with Crippen LogP contribution >= 0.6 is 11.8 Å². The van der Waals surface area contributed by atoms with Crippen molar-refractivity contribution in [1.29, 1.82) is 0 Å². The number of phenols is 1. The lowest BCUT2D eigenvalue weighted by Crippen LogP contribution is -2.51. The summed E-state index contributed by atoms with van der Waals surface area (Å²) in [7, 11) is 0. The molecule has 0 fully saturated rings. The molecule has 0 aliphatic heterocycles. The van der Waals surface area contributed by atoms with Crippen molar-refractivity contribution in [2.24, 2.45) is 5.73 Å². The van der Waals surface area contributed by atoms with Crippen LogP contribution < -0.4 is 16.4 Å². The first-order valence-corrected chi connectivity index (χ1v) is 10.6. The molecule has 29 heavy (non-hydrogen) atoms. The molecular formula is C22H29N3O3S. The van der Waals surface area contributed by atoms with Gasteiger partial charge in [0.1, 0.15) is 11.8 Å². The van der Waals surface area contributed by atoms with E-state index >= 15 is 0 Å². The molecule has 1 unspecified atom stereocenters. The molecule has 0 aliphatic rings. The molecule has 5 N–H and O–H groups in total. The van der Waals surface area contributed by atoms with Crippen LogP contribution in [0.3, 0.4) is 0 Å². The van der Waals surface area contributed by atoms with Crippen molar-refractivity contribution in [3.63, 3.8) is 0 Å². The number of carbonyl (C=O) groups excluding carboxylic acids is 2. The average molecular weight is 416 g/mol. The molecule has 7 heteroatoms. The van der Waals surface area contributed by atoms with Crippen LogP contribution in [-0.2, 0) is 16.0 Å². The number of thioether (sulfide) groups is 1. The first-order valence-electron chi connectivity index (χ1n) is 9.58. The van der Waals surface area contributed by atoms with Gasteiger partial charge in [0.2, 0.25) is 11.8 Å². The van der Waals surface area contributed by atoms with E-state index in [1.165, 1.54) is 0 Å². The molecule has 2 amide bonds. The van der Waals surface area contributed by atoms with Gasteiger partial charge < -0.3 is 21.5 Å². The van der Waals surface area contributed by atoms with Crippen LogP contribution in [0, 0.1) is 13.8 Å². The lowest BCUT2D eigenvalue weighted by Gasteiger charge is -2.19. The van der Waals surface area contributed by atoms with Crippen LogP contribution in [0.15, 0.2) is 47.4 Å². The zero-order valence-corrected chi connectivity index (χ0v) is 17.9. The Morgan fingerprint density at radius 3 is 2.34 bits per heavy atom. The number of aromatic hydroxyl groups is 1. The lowest BCUT2D eigenvalue weighted by atomic mass is 9.96. The zero-order chi connectivity index (χ0) is 21.4. The predicted molar refractivity (Wildman–Crippen MR) is 117 cm³/mol. The second kappa shape index (κ2) is 10.9. The maximum absolute atomic E-state index is 12.4. The van der Waals surface area contributed by atoms with Crippen LogP contribution in [0.5, 0.6) is 5.75 Å². The second-order valence-electron chi connectivity index (χ2n) is 7.05. The highest BCUT2D eigenvalue weighted by molar-refractivity contribution is 7.99. The van der Waals surface area contributed by atoms with Gasteiger partial charge in [-0.2, -0.15) is 0 Å². The Labute approximate surface area is 176 Å². The highest BCUT2D eigenvalue weighted by atomic mass is 32.2. The Kier molecular flexibility index (Phi) is 8.54. The summed E-state index contributed by atoms with van der Waals surface area (Å²) in [6.07, 6.45) is 0.339. The summed E-state index contributed by atoms with van der Waals surface area (Å²) in [5.74, 6) is 0.321. The molecule has 2 rings (SSSR count). The molecular weight excluding hydrogens is 386 g/mol. The largest absolute Gasteiger partial charge is 0.508 e. The molecule has 0 spiro atoms. The molecule has 156 valence electrons. The summed E-state index contributed by atoms with van der Waals surface area (Å²) < 4.78 is 0. The third-order valence-electron chi connectivity index (χ3n) is 4.61. The van der Waals surface area contributed by atoms with E-state index in [0.717, 1.165) is 27.3 Å². The average Bonchev–Trinajstić information content (AvgIpc) is 2.68. The van der Waals surface area contributed by atoms with Gasteiger partial charge in [0.15, 0.2) is 0 Å². The molecule has 2 aromatic rings. The van der Waals surface area contributed by atoms with Crippen LogP contribution in [-0.4, -0.2) is 41.3 Å². The van der Waals surface area contributed by atoms with Crippen molar-refractivity contribution in [3.8, 4) is 5.75 Å². The summed E-state index contributed by atoms with van der Waals surface area (Å²) in [4.78, 5) is 25.8. The third-order valence-corrected chi connectivity index (χ3v) is 5.62. The maximum Gasteiger partial charge on any atom is 0.242 e. The van der Waals surface area contributed by atoms with Gasteiger partial charge in [-0.15, -0.1) is 11.8 Å². The van der Waals surface area contributed by atoms with Crippen molar-refractivity contribution in [2.45, 2.75) is 44.2 Å². The highest BCUT2D eigenvalue weighted by Gasteiger charge is 2.21. The Hall–Kier alpha value is -2.51. The number of hydrogen-bond donors (Lipinski definition) is 4. The Bertz CT molecular complexity index is 819. The third kappa shape index (κ3) is 7.11. The minimum atomic E-state index is -0.777. The topological polar surface area (TPSA) is 104 Å². The van der Waals surface area contributed by atoms with E-state index in [2.05, 4.69) is 10.6 Å². The van der Waals surface area contributed by atoms with Gasteiger partial charge in [0.25, 0.3) is 0 Å². The van der Waals surface area contributed by atoms with Crippen LogP contribution in [0.2, 0.25) is 0 Å². The molecule has 0 aliphatic carbocycles. The number of aryl methyl sites for hydroxylation is 2. The fourth-order valence-electron chi connectivity index (χ4n) is 3.00. The van der Waals surface area contributed by atoms with E-state index in [0.29, 0.717) is 13.0 Å². The van der Waals surface area contributed by atoms with E-state index < -0.39 is 12.1 Å². The number of nitrogens with one attached hydrogen (secondary N) is 2. The van der Waals surface area contributed by atoms with Gasteiger partial charge in [-0.25, -0.2) is 0 Å². The first kappa shape index (κ1) is 22.8. The quantitative estimate of drug-likeness (QED) is 0.372. The lowest BCUT2D eigenvalue weighted by molar-refractivity contribution is -0.129. The van der Waals surface area contributed by atoms with Crippen molar-refractivity contribution in [3.05, 3.63) is 59.2 Å². The second-order valence-corrected chi connectivity index (χ2v) is 8.22. The molecule has 2 aromatic carbocycles. The van der Waals surface area contributed by atoms with Crippen molar-refractivity contribution in [2.75, 3.05) is 12.3 Å². The molecule has 2 atom stereocenters. The molecule has 0 saturated carbocycles. The van der Waals surface area contributed by atoms with Gasteiger partial charge in [-0.05, 0) is 68.1 Å². The molecule has 6 nitrogen and oxygen atoms in total. The Morgan fingerprint density at radius 2 is 1.72 bits per heavy atom. The fraction of sp³-hybridized carbons (Fsp3) is 0.364. The summed E-state index contributed by atoms with van der Waals surface area (Å²) in [6, 6.07) is 11.8. The van der Waals surface area contributed by atoms with Crippen LogP contribution in [0.4, 0.5) is 0 Å². The summed E-state index contributed by atoms with van der Waals surface area (Å²) in [5.41, 5.74) is 8.74. The SMILES string of the molecule is Cc1cc(O)cc(C)c1CC(N)C(=O)N[C@H](C)C(=O)NCCSc1ccccc1. The predicted octanol–water partition coefficient (Wildman–Crippen LogP) is 2.29. The fourth-order valence-corrected chi connectivity index (χ4v) is 3.79. The van der Waals surface area contributed by atoms with Gasteiger partial charge in [0.05, 0.1) is 6.04 Å². The van der Waals surface area contributed by atoms with Gasteiger partial charge in [-0.3, -0.25) is 9.59 Å². The van der Waals surface area contributed by atoms with Crippen molar-refractivity contribution in [1.82, 2.24) is 10.6 Å². The van der Waals surface area contributed by atoms with E-state index in [1.54, 1.807) is 30.8 Å². The minimum absolute atomic E-state index is 0.192. The number of phenolic OH excluding ortho intramolecular Hbond substituents is 1. The minimum Gasteiger partial charge on any atom is -0.508 e. The van der Waals surface area contributed by atoms with Gasteiger partial charge >= 0.3 is 0 Å². The molecule has 0 radical (unpaired) electrons. The summed E-state index contributed by atoms with van der Waals surface area (Å²) >= 11 is 1.66. The first-order chi connectivity index (χ1) is 13.8. The van der Waals surface area contributed by atoms with Gasteiger partial charge in [-0.1, -0.05) is 18.2 Å². The molecule has 0 heterocycles. The van der Waals surface area contributed by atoms with Crippen LogP contribution in [0.25, 0.3) is 0 Å². The maximum atomic E-state index is 12.4. The van der Waals surface area contributed by atoms with Crippen LogP contribution in [0.1, 0.15) is 23.6 Å². The summed E-state index contributed by atoms with van der Waals surface area (Å²) in [5, 5.41) is 15.1. The van der Waals surface area contributed by atoms with Gasteiger partial charge in [0, 0.05) is 17.2 Å². The van der Waals surface area contributed by atoms with E-state index in [1.807, 2.05) is 44.2 Å². The smallest absolute Gasteiger partial charge is 0.242 e.